The first-order chi connectivity index (χ1) is 14.9. The van der Waals surface area contributed by atoms with Crippen molar-refractivity contribution in [2.45, 2.75) is 6.54 Å². The molecular weight excluding hydrogens is 416 g/mol. The fraction of sp³-hybridized carbons (Fsp3) is 0.227. The van der Waals surface area contributed by atoms with E-state index in [2.05, 4.69) is 4.98 Å². The zero-order chi connectivity index (χ0) is 21.8. The van der Waals surface area contributed by atoms with Crippen LogP contribution in [-0.4, -0.2) is 59.3 Å². The summed E-state index contributed by atoms with van der Waals surface area (Å²) in [7, 11) is -3.57. The highest BCUT2D eigenvalue weighted by atomic mass is 32.2. The van der Waals surface area contributed by atoms with Gasteiger partial charge in [-0.15, -0.1) is 0 Å². The minimum atomic E-state index is -3.57. The van der Waals surface area contributed by atoms with Crippen LogP contribution in [0.15, 0.2) is 71.1 Å². The topological polar surface area (TPSA) is 92.6 Å². The van der Waals surface area contributed by atoms with Crippen LogP contribution in [0.1, 0.15) is 5.56 Å². The second-order valence-corrected chi connectivity index (χ2v) is 9.05. The summed E-state index contributed by atoms with van der Waals surface area (Å²) in [5.41, 5.74) is 1.11. The number of hydrogen-bond donors (Lipinski definition) is 0. The molecule has 31 heavy (non-hydrogen) atoms. The number of amides is 1. The number of aromatic nitrogens is 2. The highest BCUT2D eigenvalue weighted by Gasteiger charge is 2.27. The van der Waals surface area contributed by atoms with Crippen molar-refractivity contribution in [3.05, 3.63) is 82.2 Å². The highest BCUT2D eigenvalue weighted by molar-refractivity contribution is 7.92. The Bertz CT molecular complexity index is 1280. The summed E-state index contributed by atoms with van der Waals surface area (Å²) in [4.78, 5) is 31.1. The number of piperazine rings is 1. The van der Waals surface area contributed by atoms with Crippen molar-refractivity contribution in [3.8, 4) is 0 Å². The maximum atomic E-state index is 12.7. The molecule has 160 valence electrons. The first kappa shape index (κ1) is 21.0. The fourth-order valence-corrected chi connectivity index (χ4v) is 4.64. The van der Waals surface area contributed by atoms with Gasteiger partial charge in [0.25, 0.3) is 5.56 Å². The molecule has 1 amide bonds. The van der Waals surface area contributed by atoms with Crippen molar-refractivity contribution < 1.29 is 13.2 Å². The second kappa shape index (κ2) is 8.83. The van der Waals surface area contributed by atoms with E-state index in [1.165, 1.54) is 20.6 Å². The van der Waals surface area contributed by atoms with E-state index in [0.717, 1.165) is 5.56 Å². The number of fused-ring (bicyclic) bond motifs is 1. The lowest BCUT2D eigenvalue weighted by atomic mass is 10.2. The lowest BCUT2D eigenvalue weighted by Gasteiger charge is -2.33. The van der Waals surface area contributed by atoms with E-state index in [1.807, 2.05) is 30.3 Å². The molecule has 9 heteroatoms. The van der Waals surface area contributed by atoms with E-state index in [1.54, 1.807) is 35.2 Å². The van der Waals surface area contributed by atoms with Gasteiger partial charge in [0.15, 0.2) is 0 Å². The number of hydrogen-bond acceptors (Lipinski definition) is 5. The number of para-hydroxylation sites is 1. The smallest absolute Gasteiger partial charge is 0.261 e. The van der Waals surface area contributed by atoms with Crippen LogP contribution in [-0.2, 0) is 21.4 Å². The minimum absolute atomic E-state index is 0.128. The van der Waals surface area contributed by atoms with Crippen LogP contribution in [0.3, 0.4) is 0 Å². The summed E-state index contributed by atoms with van der Waals surface area (Å²) in [6, 6.07) is 16.2. The number of nitrogens with zero attached hydrogens (tertiary/aromatic N) is 4. The zero-order valence-corrected chi connectivity index (χ0v) is 17.6. The van der Waals surface area contributed by atoms with E-state index in [4.69, 9.17) is 0 Å². The first-order valence-corrected chi connectivity index (χ1v) is 11.4. The average Bonchev–Trinajstić information content (AvgIpc) is 2.80. The number of carbonyl (C=O) groups excluding carboxylic acids is 1. The molecular formula is C22H22N4O4S. The largest absolute Gasteiger partial charge is 0.338 e. The Balaban J connectivity index is 1.38. The van der Waals surface area contributed by atoms with Crippen LogP contribution in [0, 0.1) is 0 Å². The third kappa shape index (κ3) is 4.73. The van der Waals surface area contributed by atoms with E-state index >= 15 is 0 Å². The van der Waals surface area contributed by atoms with Crippen LogP contribution in [0.25, 0.3) is 17.0 Å². The molecule has 1 saturated heterocycles. The Morgan fingerprint density at radius 3 is 2.39 bits per heavy atom. The van der Waals surface area contributed by atoms with Crippen molar-refractivity contribution in [2.24, 2.45) is 0 Å². The van der Waals surface area contributed by atoms with Gasteiger partial charge in [0.1, 0.15) is 6.54 Å². The van der Waals surface area contributed by atoms with Gasteiger partial charge in [-0.3, -0.25) is 14.2 Å². The van der Waals surface area contributed by atoms with E-state index in [-0.39, 0.29) is 44.2 Å². The molecule has 1 fully saturated rings. The van der Waals surface area contributed by atoms with Crippen LogP contribution in [0.2, 0.25) is 0 Å². The molecule has 2 heterocycles. The van der Waals surface area contributed by atoms with Gasteiger partial charge in [-0.05, 0) is 23.8 Å². The zero-order valence-electron chi connectivity index (χ0n) is 16.8. The molecule has 0 atom stereocenters. The predicted octanol–water partition coefficient (Wildman–Crippen LogP) is 1.54. The van der Waals surface area contributed by atoms with Gasteiger partial charge in [0.2, 0.25) is 15.9 Å². The Morgan fingerprint density at radius 2 is 1.65 bits per heavy atom. The second-order valence-electron chi connectivity index (χ2n) is 7.23. The molecule has 1 aliphatic rings. The summed E-state index contributed by atoms with van der Waals surface area (Å²) in [6.45, 7) is 0.827. The molecule has 0 spiro atoms. The monoisotopic (exact) mass is 438 g/mol. The Kier molecular flexibility index (Phi) is 5.97. The Labute approximate surface area is 180 Å². The van der Waals surface area contributed by atoms with E-state index in [0.29, 0.717) is 10.9 Å². The SMILES string of the molecule is O=C(Cn1cnc2ccccc2c1=O)N1CCN(S(=O)(=O)/C=C/c2ccccc2)CC1. The van der Waals surface area contributed by atoms with Crippen LogP contribution in [0.4, 0.5) is 0 Å². The Hall–Kier alpha value is -3.30. The molecule has 8 nitrogen and oxygen atoms in total. The van der Waals surface area contributed by atoms with Crippen LogP contribution < -0.4 is 5.56 Å². The molecule has 4 rings (SSSR count). The molecule has 0 saturated carbocycles. The maximum absolute atomic E-state index is 12.7. The van der Waals surface area contributed by atoms with Gasteiger partial charge < -0.3 is 4.90 Å². The van der Waals surface area contributed by atoms with Crippen LogP contribution >= 0.6 is 0 Å². The maximum Gasteiger partial charge on any atom is 0.261 e. The lowest BCUT2D eigenvalue weighted by molar-refractivity contribution is -0.133. The molecule has 0 aliphatic carbocycles. The molecule has 3 aromatic rings. The predicted molar refractivity (Wildman–Crippen MR) is 119 cm³/mol. The van der Waals surface area contributed by atoms with Gasteiger partial charge in [0.05, 0.1) is 17.2 Å². The summed E-state index contributed by atoms with van der Waals surface area (Å²) < 4.78 is 27.8. The summed E-state index contributed by atoms with van der Waals surface area (Å²) in [6.07, 6.45) is 2.93. The average molecular weight is 439 g/mol. The van der Waals surface area contributed by atoms with Gasteiger partial charge >= 0.3 is 0 Å². The van der Waals surface area contributed by atoms with Gasteiger partial charge in [-0.2, -0.15) is 4.31 Å². The summed E-state index contributed by atoms with van der Waals surface area (Å²) >= 11 is 0. The molecule has 2 aromatic carbocycles. The fourth-order valence-electron chi connectivity index (χ4n) is 3.47. The van der Waals surface area contributed by atoms with E-state index in [9.17, 15) is 18.0 Å². The molecule has 0 unspecified atom stereocenters. The van der Waals surface area contributed by atoms with Gasteiger partial charge in [-0.1, -0.05) is 42.5 Å². The molecule has 0 bridgehead atoms. The number of rotatable bonds is 5. The normalized spacial score (nSPS) is 15.5. The molecule has 1 aliphatic heterocycles. The quantitative estimate of drug-likeness (QED) is 0.603. The third-order valence-electron chi connectivity index (χ3n) is 5.22. The number of sulfonamides is 1. The lowest BCUT2D eigenvalue weighted by Crippen LogP contribution is -2.51. The third-order valence-corrected chi connectivity index (χ3v) is 6.79. The standard InChI is InChI=1S/C22H22N4O4S/c27-21(16-25-17-23-20-9-5-4-8-19(20)22(25)28)24-11-13-26(14-12-24)31(29,30)15-10-18-6-2-1-3-7-18/h1-10,15,17H,11-14,16H2/b15-10+. The molecule has 1 aromatic heterocycles. The first-order valence-electron chi connectivity index (χ1n) is 9.89. The van der Waals surface area contributed by atoms with Crippen molar-refractivity contribution in [1.29, 1.82) is 0 Å². The number of benzene rings is 2. The minimum Gasteiger partial charge on any atom is -0.338 e. The van der Waals surface area contributed by atoms with Gasteiger partial charge in [-0.25, -0.2) is 13.4 Å². The van der Waals surface area contributed by atoms with Crippen LogP contribution in [0.5, 0.6) is 0 Å². The Morgan fingerprint density at radius 1 is 0.968 bits per heavy atom. The van der Waals surface area contributed by atoms with Crippen molar-refractivity contribution >= 4 is 32.9 Å². The molecule has 0 radical (unpaired) electrons. The van der Waals surface area contributed by atoms with Crippen molar-refractivity contribution in [2.75, 3.05) is 26.2 Å². The van der Waals surface area contributed by atoms with Crippen molar-refractivity contribution in [1.82, 2.24) is 18.8 Å². The summed E-state index contributed by atoms with van der Waals surface area (Å²) in [5.74, 6) is -0.240. The molecule has 0 N–H and O–H groups in total. The number of carbonyl (C=O) groups is 1. The summed E-state index contributed by atoms with van der Waals surface area (Å²) in [5, 5.41) is 1.65. The van der Waals surface area contributed by atoms with Gasteiger partial charge in [0, 0.05) is 31.6 Å². The van der Waals surface area contributed by atoms with E-state index < -0.39 is 10.0 Å². The van der Waals surface area contributed by atoms with Crippen molar-refractivity contribution in [3.63, 3.8) is 0 Å². The highest BCUT2D eigenvalue weighted by Crippen LogP contribution is 2.12.